The maximum atomic E-state index is 10.9. The predicted molar refractivity (Wildman–Crippen MR) is 65.4 cm³/mol. The number of carbonyl (C=O) groups is 1. The van der Waals surface area contributed by atoms with E-state index in [2.05, 4.69) is 15.0 Å². The predicted octanol–water partition coefficient (Wildman–Crippen LogP) is 0.405. The fraction of sp³-hybridized carbons (Fsp3) is 0.417. The van der Waals surface area contributed by atoms with Gasteiger partial charge in [-0.05, 0) is 12.5 Å². The molecule has 2 bridgehead atoms. The topological polar surface area (TPSA) is 80.0 Å². The van der Waals surface area contributed by atoms with Gasteiger partial charge in [0.1, 0.15) is 5.82 Å². The average molecular weight is 260 g/mol. The Hall–Kier alpha value is -2.15. The van der Waals surface area contributed by atoms with Gasteiger partial charge in [-0.2, -0.15) is 5.10 Å². The van der Waals surface area contributed by atoms with Crippen molar-refractivity contribution in [3.05, 3.63) is 24.0 Å². The van der Waals surface area contributed by atoms with Crippen molar-refractivity contribution in [3.63, 3.8) is 0 Å². The van der Waals surface area contributed by atoms with Crippen molar-refractivity contribution in [2.45, 2.75) is 18.6 Å². The Labute approximate surface area is 108 Å². The van der Waals surface area contributed by atoms with Gasteiger partial charge in [0.25, 0.3) is 0 Å². The van der Waals surface area contributed by atoms with Gasteiger partial charge in [0.2, 0.25) is 0 Å². The molecule has 2 aliphatic heterocycles. The van der Waals surface area contributed by atoms with E-state index in [1.807, 2.05) is 6.07 Å². The largest absolute Gasteiger partial charge is 0.476 e. The molecular weight excluding hydrogens is 248 g/mol. The monoisotopic (exact) mass is 260 g/mol. The van der Waals surface area contributed by atoms with Crippen LogP contribution in [0.15, 0.2) is 18.3 Å². The molecule has 2 saturated heterocycles. The number of anilines is 1. The Morgan fingerprint density at radius 2 is 2.42 bits per heavy atom. The van der Waals surface area contributed by atoms with Crippen LogP contribution in [0.5, 0.6) is 0 Å². The van der Waals surface area contributed by atoms with Crippen LogP contribution in [0.2, 0.25) is 0 Å². The first-order valence-electron chi connectivity index (χ1n) is 6.19. The lowest BCUT2D eigenvalue weighted by atomic mass is 10.2. The van der Waals surface area contributed by atoms with Crippen LogP contribution in [-0.4, -0.2) is 51.0 Å². The molecule has 2 aliphatic rings. The van der Waals surface area contributed by atoms with Crippen LogP contribution in [0.4, 0.5) is 5.82 Å². The second-order valence-corrected chi connectivity index (χ2v) is 4.92. The van der Waals surface area contributed by atoms with Crippen molar-refractivity contribution in [1.29, 1.82) is 0 Å². The minimum absolute atomic E-state index is 0.0101. The molecule has 2 aromatic rings. The molecular formula is C12H12N4O3. The van der Waals surface area contributed by atoms with Crippen molar-refractivity contribution in [2.75, 3.05) is 18.1 Å². The van der Waals surface area contributed by atoms with E-state index in [9.17, 15) is 4.79 Å². The molecule has 19 heavy (non-hydrogen) atoms. The fourth-order valence-corrected chi connectivity index (χ4v) is 2.81. The summed E-state index contributed by atoms with van der Waals surface area (Å²) >= 11 is 0. The minimum atomic E-state index is -1.04. The highest BCUT2D eigenvalue weighted by Crippen LogP contribution is 2.31. The standard InChI is InChI=1S/C12H12N4O3/c17-12(18)9-4-11-13-10(1-2-16(11)14-9)15-5-8-3-7(15)6-19-8/h1-2,4,7-8H,3,5-6H2,(H,17,18)/t7-,8-/m0/s1. The van der Waals surface area contributed by atoms with Crippen molar-refractivity contribution >= 4 is 17.4 Å². The molecule has 0 unspecified atom stereocenters. The molecule has 2 atom stereocenters. The molecule has 2 fully saturated rings. The summed E-state index contributed by atoms with van der Waals surface area (Å²) in [6.45, 7) is 1.60. The van der Waals surface area contributed by atoms with Crippen LogP contribution >= 0.6 is 0 Å². The number of carboxylic acids is 1. The molecule has 98 valence electrons. The third-order valence-corrected chi connectivity index (χ3v) is 3.72. The van der Waals surface area contributed by atoms with Gasteiger partial charge in [-0.25, -0.2) is 14.3 Å². The van der Waals surface area contributed by atoms with Crippen molar-refractivity contribution in [2.24, 2.45) is 0 Å². The zero-order valence-electron chi connectivity index (χ0n) is 10.1. The van der Waals surface area contributed by atoms with Crippen LogP contribution in [-0.2, 0) is 4.74 Å². The van der Waals surface area contributed by atoms with Crippen LogP contribution < -0.4 is 4.90 Å². The summed E-state index contributed by atoms with van der Waals surface area (Å²) in [4.78, 5) is 17.6. The summed E-state index contributed by atoms with van der Waals surface area (Å²) < 4.78 is 7.05. The van der Waals surface area contributed by atoms with Gasteiger partial charge < -0.3 is 14.7 Å². The lowest BCUT2D eigenvalue weighted by Gasteiger charge is -2.27. The Morgan fingerprint density at radius 3 is 3.11 bits per heavy atom. The number of fused-ring (bicyclic) bond motifs is 3. The zero-order valence-corrected chi connectivity index (χ0v) is 10.1. The summed E-state index contributed by atoms with van der Waals surface area (Å²) in [5, 5.41) is 12.9. The summed E-state index contributed by atoms with van der Waals surface area (Å²) in [7, 11) is 0. The molecule has 7 nitrogen and oxygen atoms in total. The smallest absolute Gasteiger partial charge is 0.356 e. The minimum Gasteiger partial charge on any atom is -0.476 e. The quantitative estimate of drug-likeness (QED) is 0.842. The first kappa shape index (κ1) is 10.7. The lowest BCUT2D eigenvalue weighted by molar-refractivity contribution is 0.0690. The lowest BCUT2D eigenvalue weighted by Crippen LogP contribution is -2.37. The number of morpholine rings is 1. The number of carboxylic acid groups (broad SMARTS) is 1. The highest BCUT2D eigenvalue weighted by Gasteiger charge is 2.39. The SMILES string of the molecule is O=C(O)c1cc2nc(N3C[C@@H]4C[C@H]3CO4)ccn2n1. The zero-order chi connectivity index (χ0) is 13.0. The van der Waals surface area contributed by atoms with Crippen LogP contribution in [0, 0.1) is 0 Å². The Balaban J connectivity index is 1.73. The van der Waals surface area contributed by atoms with Gasteiger partial charge in [-0.15, -0.1) is 0 Å². The van der Waals surface area contributed by atoms with Gasteiger partial charge >= 0.3 is 5.97 Å². The molecule has 0 amide bonds. The number of hydrogen-bond acceptors (Lipinski definition) is 5. The van der Waals surface area contributed by atoms with Crippen molar-refractivity contribution in [1.82, 2.24) is 14.6 Å². The second kappa shape index (κ2) is 3.67. The normalized spacial score (nSPS) is 25.4. The van der Waals surface area contributed by atoms with Crippen LogP contribution in [0.25, 0.3) is 5.65 Å². The summed E-state index contributed by atoms with van der Waals surface area (Å²) in [5.41, 5.74) is 0.564. The van der Waals surface area contributed by atoms with Gasteiger partial charge in [-0.1, -0.05) is 0 Å². The maximum absolute atomic E-state index is 10.9. The number of nitrogens with zero attached hydrogens (tertiary/aromatic N) is 4. The first-order valence-corrected chi connectivity index (χ1v) is 6.19. The van der Waals surface area contributed by atoms with Crippen LogP contribution in [0.1, 0.15) is 16.9 Å². The van der Waals surface area contributed by atoms with E-state index in [1.165, 1.54) is 10.6 Å². The summed E-state index contributed by atoms with van der Waals surface area (Å²) in [5.74, 6) is -0.180. The number of ether oxygens (including phenoxy) is 1. The molecule has 7 heteroatoms. The van der Waals surface area contributed by atoms with Gasteiger partial charge in [0.05, 0.1) is 18.8 Å². The third-order valence-electron chi connectivity index (χ3n) is 3.72. The van der Waals surface area contributed by atoms with E-state index in [-0.39, 0.29) is 5.69 Å². The molecule has 0 aromatic carbocycles. The van der Waals surface area contributed by atoms with Crippen molar-refractivity contribution < 1.29 is 14.6 Å². The average Bonchev–Trinajstić information content (AvgIpc) is 3.11. The number of aromatic carboxylic acids is 1. The van der Waals surface area contributed by atoms with E-state index in [4.69, 9.17) is 9.84 Å². The van der Waals surface area contributed by atoms with Crippen LogP contribution in [0.3, 0.4) is 0 Å². The van der Waals surface area contributed by atoms with E-state index < -0.39 is 5.97 Å². The first-order chi connectivity index (χ1) is 9.20. The summed E-state index contributed by atoms with van der Waals surface area (Å²) in [6.07, 6.45) is 3.10. The Morgan fingerprint density at radius 1 is 1.53 bits per heavy atom. The van der Waals surface area contributed by atoms with E-state index in [0.717, 1.165) is 25.4 Å². The molecule has 0 aliphatic carbocycles. The van der Waals surface area contributed by atoms with Crippen molar-refractivity contribution in [3.8, 4) is 0 Å². The highest BCUT2D eigenvalue weighted by molar-refractivity contribution is 5.86. The number of rotatable bonds is 2. The molecule has 0 saturated carbocycles. The Kier molecular flexibility index (Phi) is 2.08. The Bertz CT molecular complexity index is 668. The fourth-order valence-electron chi connectivity index (χ4n) is 2.81. The molecule has 0 spiro atoms. The maximum Gasteiger partial charge on any atom is 0.356 e. The summed E-state index contributed by atoms with van der Waals surface area (Å²) in [6, 6.07) is 3.74. The number of aromatic nitrogens is 3. The molecule has 0 radical (unpaired) electrons. The van der Waals surface area contributed by atoms with Gasteiger partial charge in [0, 0.05) is 18.8 Å². The molecule has 1 N–H and O–H groups in total. The second-order valence-electron chi connectivity index (χ2n) is 4.92. The van der Waals surface area contributed by atoms with E-state index in [0.29, 0.717) is 17.8 Å². The third kappa shape index (κ3) is 1.58. The van der Waals surface area contributed by atoms with E-state index >= 15 is 0 Å². The molecule has 4 heterocycles. The molecule has 2 aromatic heterocycles. The van der Waals surface area contributed by atoms with Gasteiger partial charge in [-0.3, -0.25) is 0 Å². The van der Waals surface area contributed by atoms with E-state index in [1.54, 1.807) is 6.20 Å². The molecule has 4 rings (SSSR count). The van der Waals surface area contributed by atoms with Gasteiger partial charge in [0.15, 0.2) is 11.3 Å². The highest BCUT2D eigenvalue weighted by atomic mass is 16.5. The number of hydrogen-bond donors (Lipinski definition) is 1.